The minimum absolute atomic E-state index is 0.0800. The number of nitrogens with one attached hydrogen (secondary N) is 2. The van der Waals surface area contributed by atoms with E-state index in [1.807, 2.05) is 5.38 Å². The average Bonchev–Trinajstić information content (AvgIpc) is 3.16. The molecule has 2 aliphatic rings. The van der Waals surface area contributed by atoms with Crippen LogP contribution < -0.4 is 10.6 Å². The summed E-state index contributed by atoms with van der Waals surface area (Å²) in [4.78, 5) is 19.0. The molecule has 2 N–H and O–H groups in total. The van der Waals surface area contributed by atoms with Crippen molar-refractivity contribution < 1.29 is 9.53 Å². The minimum Gasteiger partial charge on any atom is -0.373 e. The lowest BCUT2D eigenvalue weighted by molar-refractivity contribution is -0.116. The van der Waals surface area contributed by atoms with E-state index in [4.69, 9.17) is 4.74 Å². The molecule has 3 unspecified atom stereocenters. The fourth-order valence-electron chi connectivity index (χ4n) is 3.56. The predicted molar refractivity (Wildman–Crippen MR) is 96.2 cm³/mol. The van der Waals surface area contributed by atoms with Crippen molar-refractivity contribution in [2.45, 2.75) is 51.9 Å². The number of hydrogen-bond acceptors (Lipinski definition) is 6. The number of carbonyl (C=O) groups excluding carboxylic acids is 1. The van der Waals surface area contributed by atoms with Gasteiger partial charge in [-0.05, 0) is 45.7 Å². The number of ether oxygens (including phenoxy) is 1. The molecule has 0 aliphatic carbocycles. The number of thiazole rings is 1. The Balaban J connectivity index is 1.43. The molecule has 6 nitrogen and oxygen atoms in total. The smallest absolute Gasteiger partial charge is 0.226 e. The third-order valence-electron chi connectivity index (χ3n) is 4.62. The monoisotopic (exact) mass is 352 g/mol. The SMILES string of the molecule is CC1CN(Cc2csc(NC(=O)CCC3CCNC3)n2)CC(C)O1. The Morgan fingerprint density at radius 3 is 2.96 bits per heavy atom. The van der Waals surface area contributed by atoms with E-state index in [0.29, 0.717) is 17.5 Å². The molecule has 0 spiro atoms. The van der Waals surface area contributed by atoms with Gasteiger partial charge in [-0.2, -0.15) is 0 Å². The van der Waals surface area contributed by atoms with Crippen LogP contribution in [0.15, 0.2) is 5.38 Å². The maximum atomic E-state index is 12.1. The van der Waals surface area contributed by atoms with Crippen LogP contribution in [0, 0.1) is 5.92 Å². The number of rotatable bonds is 6. The van der Waals surface area contributed by atoms with Crippen molar-refractivity contribution in [3.63, 3.8) is 0 Å². The molecule has 2 saturated heterocycles. The van der Waals surface area contributed by atoms with Crippen molar-refractivity contribution in [2.75, 3.05) is 31.5 Å². The summed E-state index contributed by atoms with van der Waals surface area (Å²) in [6.45, 7) is 9.02. The first-order chi connectivity index (χ1) is 11.6. The Morgan fingerprint density at radius 1 is 1.46 bits per heavy atom. The van der Waals surface area contributed by atoms with Crippen LogP contribution in [0.2, 0.25) is 0 Å². The number of amides is 1. The van der Waals surface area contributed by atoms with Gasteiger partial charge < -0.3 is 15.4 Å². The standard InChI is InChI=1S/C17H28N4O2S/c1-12-8-21(9-13(2)23-12)10-15-11-24-17(19-15)20-16(22)4-3-14-5-6-18-7-14/h11-14,18H,3-10H2,1-2H3,(H,19,20,22). The van der Waals surface area contributed by atoms with Crippen LogP contribution in [0.1, 0.15) is 38.8 Å². The van der Waals surface area contributed by atoms with Gasteiger partial charge in [0, 0.05) is 31.4 Å². The quantitative estimate of drug-likeness (QED) is 0.821. The van der Waals surface area contributed by atoms with Crippen LogP contribution in [0.4, 0.5) is 5.13 Å². The van der Waals surface area contributed by atoms with Crippen LogP contribution in [-0.2, 0) is 16.1 Å². The van der Waals surface area contributed by atoms with Gasteiger partial charge in [0.2, 0.25) is 5.91 Å². The zero-order valence-corrected chi connectivity index (χ0v) is 15.4. The lowest BCUT2D eigenvalue weighted by atomic mass is 10.0. The molecule has 0 aromatic carbocycles. The maximum absolute atomic E-state index is 12.1. The van der Waals surface area contributed by atoms with Crippen molar-refractivity contribution in [2.24, 2.45) is 5.92 Å². The van der Waals surface area contributed by atoms with Gasteiger partial charge in [-0.15, -0.1) is 11.3 Å². The number of anilines is 1. The number of nitrogens with zero attached hydrogens (tertiary/aromatic N) is 2. The lowest BCUT2D eigenvalue weighted by Crippen LogP contribution is -2.44. The first kappa shape index (κ1) is 17.8. The summed E-state index contributed by atoms with van der Waals surface area (Å²) >= 11 is 1.51. The molecule has 2 aliphatic heterocycles. The Hall–Kier alpha value is -1.02. The molecule has 2 fully saturated rings. The number of aromatic nitrogens is 1. The van der Waals surface area contributed by atoms with Crippen molar-refractivity contribution >= 4 is 22.4 Å². The van der Waals surface area contributed by atoms with Crippen LogP contribution >= 0.6 is 11.3 Å². The first-order valence-corrected chi connectivity index (χ1v) is 9.79. The predicted octanol–water partition coefficient (Wildman–Crippen LogP) is 2.08. The molecular weight excluding hydrogens is 324 g/mol. The second-order valence-electron chi connectivity index (χ2n) is 7.04. The highest BCUT2D eigenvalue weighted by molar-refractivity contribution is 7.13. The molecule has 1 aromatic rings. The summed E-state index contributed by atoms with van der Waals surface area (Å²) in [7, 11) is 0. The molecule has 0 radical (unpaired) electrons. The topological polar surface area (TPSA) is 66.5 Å². The van der Waals surface area contributed by atoms with Gasteiger partial charge >= 0.3 is 0 Å². The summed E-state index contributed by atoms with van der Waals surface area (Å²) < 4.78 is 5.76. The Morgan fingerprint density at radius 2 is 2.25 bits per heavy atom. The molecule has 0 bridgehead atoms. The first-order valence-electron chi connectivity index (χ1n) is 8.91. The minimum atomic E-state index is 0.0800. The van der Waals surface area contributed by atoms with Gasteiger partial charge in [-0.3, -0.25) is 9.69 Å². The van der Waals surface area contributed by atoms with E-state index >= 15 is 0 Å². The number of morpholine rings is 1. The van der Waals surface area contributed by atoms with Crippen LogP contribution in [0.5, 0.6) is 0 Å². The second kappa shape index (κ2) is 8.38. The van der Waals surface area contributed by atoms with E-state index in [-0.39, 0.29) is 18.1 Å². The van der Waals surface area contributed by atoms with Gasteiger partial charge in [-0.1, -0.05) is 0 Å². The summed E-state index contributed by atoms with van der Waals surface area (Å²) in [5.41, 5.74) is 1.02. The number of hydrogen-bond donors (Lipinski definition) is 2. The molecular formula is C17H28N4O2S. The van der Waals surface area contributed by atoms with Gasteiger partial charge in [0.05, 0.1) is 17.9 Å². The van der Waals surface area contributed by atoms with Gasteiger partial charge in [0.1, 0.15) is 0 Å². The highest BCUT2D eigenvalue weighted by atomic mass is 32.1. The highest BCUT2D eigenvalue weighted by Crippen LogP contribution is 2.20. The largest absolute Gasteiger partial charge is 0.373 e. The zero-order valence-electron chi connectivity index (χ0n) is 14.6. The molecule has 3 heterocycles. The zero-order chi connectivity index (χ0) is 16.9. The van der Waals surface area contributed by atoms with E-state index in [1.54, 1.807) is 0 Å². The molecule has 134 valence electrons. The highest BCUT2D eigenvalue weighted by Gasteiger charge is 2.23. The molecule has 1 aromatic heterocycles. The van der Waals surface area contributed by atoms with Gasteiger partial charge in [0.15, 0.2) is 5.13 Å². The van der Waals surface area contributed by atoms with Crippen LogP contribution in [0.3, 0.4) is 0 Å². The van der Waals surface area contributed by atoms with Crippen molar-refractivity contribution in [3.8, 4) is 0 Å². The summed E-state index contributed by atoms with van der Waals surface area (Å²) in [6, 6.07) is 0. The van der Waals surface area contributed by atoms with E-state index in [2.05, 4.69) is 34.4 Å². The van der Waals surface area contributed by atoms with E-state index in [1.165, 1.54) is 17.8 Å². The molecule has 3 rings (SSSR count). The third kappa shape index (κ3) is 5.24. The maximum Gasteiger partial charge on any atom is 0.226 e. The van der Waals surface area contributed by atoms with Gasteiger partial charge in [0.25, 0.3) is 0 Å². The molecule has 7 heteroatoms. The number of carbonyl (C=O) groups is 1. The van der Waals surface area contributed by atoms with E-state index in [0.717, 1.165) is 44.8 Å². The van der Waals surface area contributed by atoms with Crippen molar-refractivity contribution in [1.82, 2.24) is 15.2 Å². The average molecular weight is 353 g/mol. The third-order valence-corrected chi connectivity index (χ3v) is 5.43. The summed E-state index contributed by atoms with van der Waals surface area (Å²) in [5.74, 6) is 0.726. The fraction of sp³-hybridized carbons (Fsp3) is 0.765. The molecule has 3 atom stereocenters. The second-order valence-corrected chi connectivity index (χ2v) is 7.90. The van der Waals surface area contributed by atoms with Crippen LogP contribution in [-0.4, -0.2) is 54.2 Å². The fourth-order valence-corrected chi connectivity index (χ4v) is 4.28. The van der Waals surface area contributed by atoms with Gasteiger partial charge in [-0.25, -0.2) is 4.98 Å². The lowest BCUT2D eigenvalue weighted by Gasteiger charge is -2.34. The van der Waals surface area contributed by atoms with Crippen LogP contribution in [0.25, 0.3) is 0 Å². The Bertz CT molecular complexity index is 534. The normalized spacial score (nSPS) is 28.2. The molecule has 0 saturated carbocycles. The van der Waals surface area contributed by atoms with Crippen molar-refractivity contribution in [1.29, 1.82) is 0 Å². The Labute approximate surface area is 148 Å². The van der Waals surface area contributed by atoms with E-state index < -0.39 is 0 Å². The summed E-state index contributed by atoms with van der Waals surface area (Å²) in [5, 5.41) is 9.04. The molecule has 24 heavy (non-hydrogen) atoms. The summed E-state index contributed by atoms with van der Waals surface area (Å²) in [6.07, 6.45) is 3.25. The Kier molecular flexibility index (Phi) is 6.21. The molecule has 1 amide bonds. The van der Waals surface area contributed by atoms with Crippen molar-refractivity contribution in [3.05, 3.63) is 11.1 Å². The van der Waals surface area contributed by atoms with E-state index in [9.17, 15) is 4.79 Å².